The normalized spacial score (nSPS) is 12.6. The molecule has 0 saturated carbocycles. The molecule has 2 heterocycles. The van der Waals surface area contributed by atoms with Crippen LogP contribution in [0, 0.1) is 0 Å². The molecule has 0 aliphatic carbocycles. The van der Waals surface area contributed by atoms with Gasteiger partial charge in [-0.25, -0.2) is 9.97 Å². The van der Waals surface area contributed by atoms with Crippen LogP contribution in [0.15, 0.2) is 59.3 Å². The highest BCUT2D eigenvalue weighted by atomic mass is 16.3. The first-order valence-corrected chi connectivity index (χ1v) is 7.79. The molecular weight excluding hydrogens is 302 g/mol. The molecule has 1 N–H and O–H groups in total. The van der Waals surface area contributed by atoms with E-state index >= 15 is 0 Å². The van der Waals surface area contributed by atoms with Crippen LogP contribution in [-0.4, -0.2) is 22.1 Å². The van der Waals surface area contributed by atoms with E-state index in [0.717, 1.165) is 27.9 Å². The van der Waals surface area contributed by atoms with Gasteiger partial charge in [0.05, 0.1) is 6.04 Å². The lowest BCUT2D eigenvalue weighted by atomic mass is 10.1. The molecule has 0 aliphatic rings. The predicted octanol–water partition coefficient (Wildman–Crippen LogP) is 4.28. The van der Waals surface area contributed by atoms with Crippen LogP contribution >= 0.6 is 0 Å². The average molecular weight is 319 g/mol. The molecule has 2 aromatic carbocycles. The SMILES string of the molecule is CC(c1cccc(O)c1)N(C)c1ncnc2c1oc1ccccc12. The van der Waals surface area contributed by atoms with Gasteiger partial charge in [0.1, 0.15) is 23.2 Å². The summed E-state index contributed by atoms with van der Waals surface area (Å²) >= 11 is 0. The first-order chi connectivity index (χ1) is 11.6. The minimum Gasteiger partial charge on any atom is -0.508 e. The second kappa shape index (κ2) is 5.53. The van der Waals surface area contributed by atoms with Gasteiger partial charge in [-0.2, -0.15) is 0 Å². The first kappa shape index (κ1) is 14.5. The van der Waals surface area contributed by atoms with E-state index in [9.17, 15) is 5.11 Å². The third-order valence-corrected chi connectivity index (χ3v) is 4.41. The molecule has 5 nitrogen and oxygen atoms in total. The first-order valence-electron chi connectivity index (χ1n) is 7.79. The molecule has 4 rings (SSSR count). The molecule has 0 spiro atoms. The van der Waals surface area contributed by atoms with E-state index in [1.807, 2.05) is 48.3 Å². The quantitative estimate of drug-likeness (QED) is 0.610. The summed E-state index contributed by atoms with van der Waals surface area (Å²) in [6.45, 7) is 2.06. The summed E-state index contributed by atoms with van der Waals surface area (Å²) in [5, 5.41) is 10.7. The molecule has 0 bridgehead atoms. The fraction of sp³-hybridized carbons (Fsp3) is 0.158. The molecule has 5 heteroatoms. The Labute approximate surface area is 139 Å². The summed E-state index contributed by atoms with van der Waals surface area (Å²) in [4.78, 5) is 10.8. The van der Waals surface area contributed by atoms with Gasteiger partial charge in [-0.1, -0.05) is 24.3 Å². The second-order valence-electron chi connectivity index (χ2n) is 5.86. The topological polar surface area (TPSA) is 62.4 Å². The number of furan rings is 1. The summed E-state index contributed by atoms with van der Waals surface area (Å²) in [5.74, 6) is 0.983. The van der Waals surface area contributed by atoms with Crippen LogP contribution < -0.4 is 4.90 Å². The Balaban J connectivity index is 1.83. The maximum absolute atomic E-state index is 9.72. The van der Waals surface area contributed by atoms with Crippen molar-refractivity contribution in [3.8, 4) is 5.75 Å². The number of hydrogen-bond donors (Lipinski definition) is 1. The van der Waals surface area contributed by atoms with E-state index in [1.165, 1.54) is 0 Å². The van der Waals surface area contributed by atoms with Gasteiger partial charge in [0, 0.05) is 12.4 Å². The van der Waals surface area contributed by atoms with Crippen molar-refractivity contribution in [2.45, 2.75) is 13.0 Å². The van der Waals surface area contributed by atoms with Crippen molar-refractivity contribution < 1.29 is 9.52 Å². The Kier molecular flexibility index (Phi) is 3.34. The predicted molar refractivity (Wildman–Crippen MR) is 94.2 cm³/mol. The Morgan fingerprint density at radius 3 is 2.75 bits per heavy atom. The van der Waals surface area contributed by atoms with E-state index in [1.54, 1.807) is 18.5 Å². The van der Waals surface area contributed by atoms with Crippen LogP contribution in [0.3, 0.4) is 0 Å². The highest BCUT2D eigenvalue weighted by molar-refractivity contribution is 6.05. The van der Waals surface area contributed by atoms with Crippen LogP contribution in [0.2, 0.25) is 0 Å². The van der Waals surface area contributed by atoms with E-state index < -0.39 is 0 Å². The average Bonchev–Trinajstić information content (AvgIpc) is 2.99. The van der Waals surface area contributed by atoms with Gasteiger partial charge in [0.2, 0.25) is 0 Å². The van der Waals surface area contributed by atoms with Gasteiger partial charge in [-0.3, -0.25) is 0 Å². The number of anilines is 1. The van der Waals surface area contributed by atoms with Crippen molar-refractivity contribution >= 4 is 27.9 Å². The summed E-state index contributed by atoms with van der Waals surface area (Å²) in [5.41, 5.74) is 3.28. The molecule has 1 unspecified atom stereocenters. The minimum atomic E-state index is 0.0170. The molecule has 0 amide bonds. The molecular formula is C19H17N3O2. The monoisotopic (exact) mass is 319 g/mol. The van der Waals surface area contributed by atoms with Crippen LogP contribution in [0.4, 0.5) is 5.82 Å². The third-order valence-electron chi connectivity index (χ3n) is 4.41. The lowest BCUT2D eigenvalue weighted by Crippen LogP contribution is -2.22. The van der Waals surface area contributed by atoms with Crippen molar-refractivity contribution in [1.82, 2.24) is 9.97 Å². The van der Waals surface area contributed by atoms with Crippen molar-refractivity contribution in [2.75, 3.05) is 11.9 Å². The molecule has 0 radical (unpaired) electrons. The third kappa shape index (κ3) is 2.25. The second-order valence-corrected chi connectivity index (χ2v) is 5.86. The molecule has 2 aromatic heterocycles. The van der Waals surface area contributed by atoms with Crippen molar-refractivity contribution in [2.24, 2.45) is 0 Å². The molecule has 0 saturated heterocycles. The highest BCUT2D eigenvalue weighted by Gasteiger charge is 2.20. The molecule has 0 fully saturated rings. The van der Waals surface area contributed by atoms with Crippen molar-refractivity contribution in [1.29, 1.82) is 0 Å². The summed E-state index contributed by atoms with van der Waals surface area (Å²) in [6, 6.07) is 15.1. The Hall–Kier alpha value is -3.08. The van der Waals surface area contributed by atoms with E-state index in [0.29, 0.717) is 5.58 Å². The number of nitrogens with zero attached hydrogens (tertiary/aromatic N) is 3. The zero-order valence-corrected chi connectivity index (χ0v) is 13.5. The van der Waals surface area contributed by atoms with E-state index in [-0.39, 0.29) is 11.8 Å². The van der Waals surface area contributed by atoms with Gasteiger partial charge in [0.15, 0.2) is 11.4 Å². The van der Waals surface area contributed by atoms with Gasteiger partial charge >= 0.3 is 0 Å². The molecule has 0 aliphatic heterocycles. The highest BCUT2D eigenvalue weighted by Crippen LogP contribution is 2.34. The minimum absolute atomic E-state index is 0.0170. The van der Waals surface area contributed by atoms with E-state index in [4.69, 9.17) is 4.42 Å². The molecule has 1 atom stereocenters. The lowest BCUT2D eigenvalue weighted by Gasteiger charge is -2.26. The number of rotatable bonds is 3. The Morgan fingerprint density at radius 1 is 1.08 bits per heavy atom. The van der Waals surface area contributed by atoms with Crippen molar-refractivity contribution in [3.05, 3.63) is 60.4 Å². The summed E-state index contributed by atoms with van der Waals surface area (Å²) in [7, 11) is 1.96. The van der Waals surface area contributed by atoms with E-state index in [2.05, 4.69) is 16.9 Å². The maximum atomic E-state index is 9.72. The number of hydrogen-bond acceptors (Lipinski definition) is 5. The zero-order valence-electron chi connectivity index (χ0n) is 13.5. The number of para-hydroxylation sites is 1. The van der Waals surface area contributed by atoms with Crippen LogP contribution in [0.25, 0.3) is 22.1 Å². The fourth-order valence-electron chi connectivity index (χ4n) is 2.95. The number of aromatic nitrogens is 2. The largest absolute Gasteiger partial charge is 0.508 e. The number of phenolic OH excluding ortho intramolecular Hbond substituents is 1. The van der Waals surface area contributed by atoms with Gasteiger partial charge in [0.25, 0.3) is 0 Å². The Bertz CT molecular complexity index is 1030. The van der Waals surface area contributed by atoms with Gasteiger partial charge < -0.3 is 14.4 Å². The van der Waals surface area contributed by atoms with Crippen LogP contribution in [0.1, 0.15) is 18.5 Å². The number of fused-ring (bicyclic) bond motifs is 3. The summed E-state index contributed by atoms with van der Waals surface area (Å²) < 4.78 is 6.00. The standard InChI is InChI=1S/C19H17N3O2/c1-12(13-6-5-7-14(23)10-13)22(2)19-18-17(20-11-21-19)15-8-3-4-9-16(15)24-18/h3-12,23H,1-2H3. The van der Waals surface area contributed by atoms with Crippen molar-refractivity contribution in [3.63, 3.8) is 0 Å². The number of benzene rings is 2. The number of aromatic hydroxyl groups is 1. The zero-order chi connectivity index (χ0) is 16.7. The molecule has 24 heavy (non-hydrogen) atoms. The lowest BCUT2D eigenvalue weighted by molar-refractivity contribution is 0.473. The van der Waals surface area contributed by atoms with Gasteiger partial charge in [-0.15, -0.1) is 0 Å². The molecule has 120 valence electrons. The number of phenols is 1. The smallest absolute Gasteiger partial charge is 0.196 e. The Morgan fingerprint density at radius 2 is 1.92 bits per heavy atom. The van der Waals surface area contributed by atoms with Crippen LogP contribution in [-0.2, 0) is 0 Å². The van der Waals surface area contributed by atoms with Gasteiger partial charge in [-0.05, 0) is 36.8 Å². The maximum Gasteiger partial charge on any atom is 0.196 e. The fourth-order valence-corrected chi connectivity index (χ4v) is 2.95. The molecule has 4 aromatic rings. The summed E-state index contributed by atoms with van der Waals surface area (Å²) in [6.07, 6.45) is 1.56. The van der Waals surface area contributed by atoms with Crippen LogP contribution in [0.5, 0.6) is 5.75 Å².